The molecule has 0 saturated carbocycles. The molecule has 110 valence electrons. The van der Waals surface area contributed by atoms with Crippen LogP contribution in [0, 0.1) is 4.77 Å². The van der Waals surface area contributed by atoms with Crippen molar-refractivity contribution in [3.63, 3.8) is 0 Å². The van der Waals surface area contributed by atoms with Crippen molar-refractivity contribution in [3.8, 4) is 0 Å². The molecule has 1 unspecified atom stereocenters. The minimum absolute atomic E-state index is 0.00884. The Morgan fingerprint density at radius 1 is 1.05 bits per heavy atom. The molecule has 0 saturated heterocycles. The molecule has 0 spiro atoms. The van der Waals surface area contributed by atoms with Crippen LogP contribution in [0.4, 0.5) is 0 Å². The van der Waals surface area contributed by atoms with Crippen LogP contribution in [-0.4, -0.2) is 17.0 Å². The average Bonchev–Trinajstić information content (AvgIpc) is 2.49. The van der Waals surface area contributed by atoms with Gasteiger partial charge in [-0.1, -0.05) is 13.3 Å². The molecule has 2 radical (unpaired) electrons. The van der Waals surface area contributed by atoms with Crippen LogP contribution in [0.5, 0.6) is 0 Å². The highest BCUT2D eigenvalue weighted by Crippen LogP contribution is 2.40. The van der Waals surface area contributed by atoms with E-state index in [0.717, 1.165) is 24.0 Å². The molecule has 2 nitrogen and oxygen atoms in total. The maximum atomic E-state index is 6.63. The summed E-state index contributed by atoms with van der Waals surface area (Å²) in [7, 11) is 6.63. The maximum Gasteiger partial charge on any atom is 0.181 e. The van der Waals surface area contributed by atoms with Crippen molar-refractivity contribution in [2.24, 2.45) is 0 Å². The molecule has 20 heavy (non-hydrogen) atoms. The molecule has 0 aliphatic heterocycles. The third-order valence-electron chi connectivity index (χ3n) is 4.14. The van der Waals surface area contributed by atoms with Gasteiger partial charge in [0.2, 0.25) is 0 Å². The van der Waals surface area contributed by atoms with Gasteiger partial charge in [-0.2, -0.15) is 0 Å². The summed E-state index contributed by atoms with van der Waals surface area (Å²) < 4.78 is 5.53. The van der Waals surface area contributed by atoms with Gasteiger partial charge in [0.25, 0.3) is 0 Å². The molecule has 1 atom stereocenters. The van der Waals surface area contributed by atoms with Crippen LogP contribution in [0.3, 0.4) is 0 Å². The second-order valence-corrected chi connectivity index (χ2v) is 8.73. The topological polar surface area (TPSA) is 9.86 Å². The number of fused-ring (bicyclic) bond motifs is 1. The predicted molar refractivity (Wildman–Crippen MR) is 89.3 cm³/mol. The molecule has 1 aliphatic rings. The van der Waals surface area contributed by atoms with Crippen LogP contribution >= 0.6 is 12.2 Å². The van der Waals surface area contributed by atoms with E-state index in [-0.39, 0.29) is 16.4 Å². The molecule has 1 aromatic heterocycles. The van der Waals surface area contributed by atoms with Crippen molar-refractivity contribution >= 4 is 20.1 Å². The van der Waals surface area contributed by atoms with Gasteiger partial charge >= 0.3 is 0 Å². The number of hydrogen-bond acceptors (Lipinski definition) is 1. The lowest BCUT2D eigenvalue weighted by molar-refractivity contribution is 0.343. The molecular weight excluding hydrogens is 263 g/mol. The van der Waals surface area contributed by atoms with E-state index in [1.165, 1.54) is 11.4 Å². The molecule has 1 aliphatic carbocycles. The molecule has 0 bridgehead atoms. The Morgan fingerprint density at radius 2 is 1.55 bits per heavy atom. The first-order valence-corrected chi connectivity index (χ1v) is 7.95. The lowest BCUT2D eigenvalue weighted by atomic mass is 9.61. The Balaban J connectivity index is 2.91. The Kier molecular flexibility index (Phi) is 3.57. The van der Waals surface area contributed by atoms with E-state index in [2.05, 4.69) is 57.6 Å². The molecule has 0 amide bonds. The zero-order chi connectivity index (χ0) is 15.5. The molecule has 0 N–H and O–H groups in total. The summed E-state index contributed by atoms with van der Waals surface area (Å²) in [4.78, 5) is 0. The highest BCUT2D eigenvalue weighted by Gasteiger charge is 2.38. The van der Waals surface area contributed by atoms with Crippen LogP contribution in [0.15, 0.2) is 0 Å². The van der Waals surface area contributed by atoms with Crippen molar-refractivity contribution in [3.05, 3.63) is 16.2 Å². The average molecular weight is 290 g/mol. The van der Waals surface area contributed by atoms with Gasteiger partial charge < -0.3 is 9.13 Å². The summed E-state index contributed by atoms with van der Waals surface area (Å²) in [6.07, 6.45) is 3.24. The summed E-state index contributed by atoms with van der Waals surface area (Å²) in [6, 6.07) is 0. The first-order valence-electron chi connectivity index (χ1n) is 7.54. The SMILES string of the molecule is [B]C1(C)CCCc2c1n(C(C)(C)C)c(=S)n2C(C)(C)C. The zero-order valence-electron chi connectivity index (χ0n) is 14.0. The Hall–Kier alpha value is -0.505. The van der Waals surface area contributed by atoms with Crippen LogP contribution < -0.4 is 0 Å². The Morgan fingerprint density at radius 3 is 2.00 bits per heavy atom. The van der Waals surface area contributed by atoms with Crippen molar-refractivity contribution in [2.75, 3.05) is 0 Å². The first-order chi connectivity index (χ1) is 8.87. The molecular formula is C16H27BN2S. The van der Waals surface area contributed by atoms with Crippen LogP contribution in [0.1, 0.15) is 72.7 Å². The van der Waals surface area contributed by atoms with Gasteiger partial charge in [-0.05, 0) is 71.9 Å². The van der Waals surface area contributed by atoms with Crippen LogP contribution in [0.25, 0.3) is 0 Å². The summed E-state index contributed by atoms with van der Waals surface area (Å²) in [6.45, 7) is 15.4. The fourth-order valence-corrected chi connectivity index (χ4v) is 4.17. The van der Waals surface area contributed by atoms with Crippen molar-refractivity contribution < 1.29 is 0 Å². The smallest absolute Gasteiger partial charge is 0.181 e. The third kappa shape index (κ3) is 2.40. The van der Waals surface area contributed by atoms with Gasteiger partial charge in [0.1, 0.15) is 0 Å². The minimum atomic E-state index is -0.287. The van der Waals surface area contributed by atoms with E-state index < -0.39 is 0 Å². The number of rotatable bonds is 0. The first kappa shape index (κ1) is 15.9. The largest absolute Gasteiger partial charge is 0.316 e. The summed E-state index contributed by atoms with van der Waals surface area (Å²) in [5.74, 6) is 0. The number of imidazole rings is 1. The van der Waals surface area contributed by atoms with E-state index in [4.69, 9.17) is 20.1 Å². The van der Waals surface area contributed by atoms with Gasteiger partial charge in [0, 0.05) is 22.5 Å². The van der Waals surface area contributed by atoms with E-state index >= 15 is 0 Å². The predicted octanol–water partition coefficient (Wildman–Crippen LogP) is 4.25. The third-order valence-corrected chi connectivity index (χ3v) is 4.51. The molecule has 2 rings (SSSR count). The van der Waals surface area contributed by atoms with Gasteiger partial charge in [0.15, 0.2) is 4.77 Å². The van der Waals surface area contributed by atoms with Crippen molar-refractivity contribution in [2.45, 2.75) is 84.1 Å². The lowest BCUT2D eigenvalue weighted by Gasteiger charge is -2.36. The molecule has 4 heteroatoms. The number of hydrogen-bond donors (Lipinski definition) is 0. The van der Waals surface area contributed by atoms with Crippen LogP contribution in [0.2, 0.25) is 0 Å². The quantitative estimate of drug-likeness (QED) is 0.513. The minimum Gasteiger partial charge on any atom is -0.316 e. The molecule has 1 heterocycles. The highest BCUT2D eigenvalue weighted by molar-refractivity contribution is 7.71. The molecule has 0 aromatic carbocycles. The fourth-order valence-electron chi connectivity index (χ4n) is 3.42. The van der Waals surface area contributed by atoms with Gasteiger partial charge in [-0.25, -0.2) is 0 Å². The van der Waals surface area contributed by atoms with Crippen LogP contribution in [-0.2, 0) is 22.8 Å². The standard InChI is InChI=1S/C16H27BN2S/c1-14(2,3)18-11-9-8-10-16(7,17)12(11)19(13(18)20)15(4,5)6/h8-10H2,1-7H3. The lowest BCUT2D eigenvalue weighted by Crippen LogP contribution is -2.35. The molecule has 0 fully saturated rings. The fraction of sp³-hybridized carbons (Fsp3) is 0.812. The summed E-state index contributed by atoms with van der Waals surface area (Å²) in [5, 5.41) is -0.287. The number of nitrogens with zero attached hydrogens (tertiary/aromatic N) is 2. The maximum absolute atomic E-state index is 6.63. The summed E-state index contributed by atoms with van der Waals surface area (Å²) >= 11 is 5.83. The monoisotopic (exact) mass is 290 g/mol. The van der Waals surface area contributed by atoms with E-state index in [0.29, 0.717) is 0 Å². The second kappa shape index (κ2) is 4.49. The second-order valence-electron chi connectivity index (χ2n) is 8.36. The molecule has 1 aromatic rings. The Bertz CT molecular complexity index is 579. The van der Waals surface area contributed by atoms with E-state index in [1.54, 1.807) is 0 Å². The van der Waals surface area contributed by atoms with Gasteiger partial charge in [-0.3, -0.25) is 0 Å². The van der Waals surface area contributed by atoms with E-state index in [1.807, 2.05) is 0 Å². The van der Waals surface area contributed by atoms with Gasteiger partial charge in [-0.15, -0.1) is 0 Å². The summed E-state index contributed by atoms with van der Waals surface area (Å²) in [5.41, 5.74) is 2.53. The van der Waals surface area contributed by atoms with Gasteiger partial charge in [0.05, 0.1) is 7.85 Å². The highest BCUT2D eigenvalue weighted by atomic mass is 32.1. The van der Waals surface area contributed by atoms with Crippen molar-refractivity contribution in [1.29, 1.82) is 0 Å². The zero-order valence-corrected chi connectivity index (χ0v) is 14.8. The number of aromatic nitrogens is 2. The van der Waals surface area contributed by atoms with E-state index in [9.17, 15) is 0 Å². The van der Waals surface area contributed by atoms with Crippen molar-refractivity contribution in [1.82, 2.24) is 9.13 Å². The normalized spacial score (nSPS) is 23.8. The Labute approximate surface area is 130 Å².